The zero-order valence-corrected chi connectivity index (χ0v) is 42.7. The van der Waals surface area contributed by atoms with Gasteiger partial charge in [0.2, 0.25) is 0 Å². The summed E-state index contributed by atoms with van der Waals surface area (Å²) in [6.07, 6.45) is -10.0. The molecule has 0 aliphatic carbocycles. The normalized spacial score (nSPS) is 15.1. The van der Waals surface area contributed by atoms with Crippen LogP contribution >= 0.6 is 0 Å². The van der Waals surface area contributed by atoms with Crippen molar-refractivity contribution in [2.24, 2.45) is 0 Å². The summed E-state index contributed by atoms with van der Waals surface area (Å²) in [5.41, 5.74) is -4.13. The second-order valence-electron chi connectivity index (χ2n) is 19.9. The molecular weight excluding hydrogens is 1010 g/mol. The van der Waals surface area contributed by atoms with E-state index in [2.05, 4.69) is 0 Å². The van der Waals surface area contributed by atoms with Gasteiger partial charge >= 0.3 is 12.4 Å². The van der Waals surface area contributed by atoms with Gasteiger partial charge < -0.3 is 9.47 Å². The van der Waals surface area contributed by atoms with Gasteiger partial charge in [-0.25, -0.2) is 4.90 Å². The maximum Gasteiger partial charge on any atom is 0.402 e. The molecule has 8 aromatic rings. The summed E-state index contributed by atoms with van der Waals surface area (Å²) in [5, 5.41) is 0. The summed E-state index contributed by atoms with van der Waals surface area (Å²) < 4.78 is 108. The predicted molar refractivity (Wildman–Crippen MR) is 284 cm³/mol. The SMILES string of the molecule is Cc1ccc(C(C)(c2ccc(N3C(=O)c4ccc(C(C)(c5ccc6c(c5)C(=O)N(C)C6=O)C(F)(F)F)cc4C3=O)c(OCC(c3ccccc3)c3ccccc3)c2)C(F)(F)F)cc1OCC(c1ccccc1)c1ccccc1. The maximum absolute atomic E-state index is 16.2. The highest BCUT2D eigenvalue weighted by Crippen LogP contribution is 2.51. The molecule has 0 bridgehead atoms. The van der Waals surface area contributed by atoms with Crippen LogP contribution in [0.4, 0.5) is 32.0 Å². The lowest BCUT2D eigenvalue weighted by Gasteiger charge is -2.34. The lowest BCUT2D eigenvalue weighted by atomic mass is 9.74. The average Bonchev–Trinajstić information content (AvgIpc) is 3.99. The van der Waals surface area contributed by atoms with Crippen molar-refractivity contribution in [1.29, 1.82) is 0 Å². The number of halogens is 6. The molecule has 0 aromatic heterocycles. The minimum atomic E-state index is -5.05. The molecule has 2 atom stereocenters. The highest BCUT2D eigenvalue weighted by atomic mass is 19.4. The third-order valence-corrected chi connectivity index (χ3v) is 15.4. The van der Waals surface area contributed by atoms with Gasteiger partial charge in [0.1, 0.15) is 22.3 Å². The second kappa shape index (κ2) is 20.3. The molecule has 2 aliphatic heterocycles. The molecule has 0 radical (unpaired) electrons. The standard InChI is InChI=1S/C64H50F6N2O6/c1-39-25-26-46(35-55(39)77-37-52(40-17-9-5-10-18-40)41-19-11-6-12-20-41)62(3,64(68,69)70)47-29-32-54(56(36-47)78-38-53(42-21-13-7-14-22-42)43-23-15-8-16-24-43)72-59(75)49-31-28-45(34-51(49)60(72)76)61(2,63(65,66)67)44-27-30-48-50(33-44)58(74)71(4)57(48)73/h5-36,52-53H,37-38H2,1-4H3. The topological polar surface area (TPSA) is 93.2 Å². The number of hydrogen-bond acceptors (Lipinski definition) is 6. The smallest absolute Gasteiger partial charge is 0.402 e. The second-order valence-corrected chi connectivity index (χ2v) is 19.9. The Bertz CT molecular complexity index is 3530. The molecule has 8 aromatic carbocycles. The summed E-state index contributed by atoms with van der Waals surface area (Å²) in [7, 11) is 1.22. The molecular formula is C64H50F6N2O6. The molecule has 2 heterocycles. The molecule has 0 saturated carbocycles. The number of fused-ring (bicyclic) bond motifs is 2. The summed E-state index contributed by atoms with van der Waals surface area (Å²) in [6.45, 7) is 3.55. The molecule has 0 spiro atoms. The van der Waals surface area contributed by atoms with E-state index in [0.717, 1.165) is 89.5 Å². The number of aryl methyl sites for hydroxylation is 1. The van der Waals surface area contributed by atoms with Crippen LogP contribution < -0.4 is 14.4 Å². The number of carbonyl (C=O) groups is 4. The zero-order valence-electron chi connectivity index (χ0n) is 42.7. The Hall–Kier alpha value is -8.78. The lowest BCUT2D eigenvalue weighted by Crippen LogP contribution is -2.41. The van der Waals surface area contributed by atoms with Gasteiger partial charge in [-0.15, -0.1) is 0 Å². The summed E-state index contributed by atoms with van der Waals surface area (Å²) in [5.74, 6) is -4.30. The molecule has 4 amide bonds. The number of nitrogens with zero attached hydrogens (tertiary/aromatic N) is 2. The Balaban J connectivity index is 1.06. The van der Waals surface area contributed by atoms with Crippen LogP contribution in [0.25, 0.3) is 0 Å². The monoisotopic (exact) mass is 1060 g/mol. The van der Waals surface area contributed by atoms with Crippen LogP contribution in [0.5, 0.6) is 11.5 Å². The molecule has 0 saturated heterocycles. The average molecular weight is 1060 g/mol. The highest BCUT2D eigenvalue weighted by Gasteiger charge is 2.56. The van der Waals surface area contributed by atoms with Crippen molar-refractivity contribution in [3.8, 4) is 11.5 Å². The number of amides is 4. The number of benzene rings is 8. The summed E-state index contributed by atoms with van der Waals surface area (Å²) >= 11 is 0. The van der Waals surface area contributed by atoms with E-state index in [9.17, 15) is 19.2 Å². The van der Waals surface area contributed by atoms with Crippen LogP contribution in [0, 0.1) is 6.92 Å². The predicted octanol–water partition coefficient (Wildman–Crippen LogP) is 14.2. The third kappa shape index (κ3) is 9.18. The van der Waals surface area contributed by atoms with E-state index >= 15 is 26.3 Å². The lowest BCUT2D eigenvalue weighted by molar-refractivity contribution is -0.173. The van der Waals surface area contributed by atoms with Crippen LogP contribution in [-0.4, -0.2) is 61.1 Å². The minimum absolute atomic E-state index is 0.0658. The number of anilines is 1. The molecule has 394 valence electrons. The Morgan fingerprint density at radius 1 is 0.410 bits per heavy atom. The highest BCUT2D eigenvalue weighted by molar-refractivity contribution is 6.35. The fraction of sp³-hybridized carbons (Fsp3) is 0.188. The molecule has 10 rings (SSSR count). The van der Waals surface area contributed by atoms with E-state index in [1.54, 1.807) is 13.0 Å². The van der Waals surface area contributed by atoms with E-state index in [-0.39, 0.29) is 64.1 Å². The third-order valence-electron chi connectivity index (χ3n) is 15.4. The molecule has 2 aliphatic rings. The van der Waals surface area contributed by atoms with Gasteiger partial charge in [-0.3, -0.25) is 24.1 Å². The molecule has 2 unspecified atom stereocenters. The number of rotatable bonds is 15. The Kier molecular flexibility index (Phi) is 13.7. The van der Waals surface area contributed by atoms with Gasteiger partial charge in [0.25, 0.3) is 23.6 Å². The van der Waals surface area contributed by atoms with Gasteiger partial charge in [-0.05, 0) is 113 Å². The van der Waals surface area contributed by atoms with Crippen molar-refractivity contribution < 1.29 is 55.0 Å². The van der Waals surface area contributed by atoms with Crippen LogP contribution in [0.15, 0.2) is 194 Å². The number of carbonyl (C=O) groups excluding carboxylic acids is 4. The van der Waals surface area contributed by atoms with Crippen molar-refractivity contribution in [2.75, 3.05) is 25.2 Å². The maximum atomic E-state index is 16.2. The van der Waals surface area contributed by atoms with Crippen LogP contribution in [-0.2, 0) is 10.8 Å². The number of imide groups is 2. The van der Waals surface area contributed by atoms with Crippen molar-refractivity contribution in [3.63, 3.8) is 0 Å². The first-order chi connectivity index (χ1) is 37.2. The van der Waals surface area contributed by atoms with E-state index in [1.165, 1.54) is 25.2 Å². The van der Waals surface area contributed by atoms with Gasteiger partial charge in [0, 0.05) is 18.9 Å². The quantitative estimate of drug-likeness (QED) is 0.0750. The van der Waals surface area contributed by atoms with Crippen molar-refractivity contribution >= 4 is 29.3 Å². The fourth-order valence-electron chi connectivity index (χ4n) is 10.5. The number of ether oxygens (including phenoxy) is 2. The molecule has 78 heavy (non-hydrogen) atoms. The summed E-state index contributed by atoms with van der Waals surface area (Å²) in [4.78, 5) is 56.5. The molecule has 0 N–H and O–H groups in total. The van der Waals surface area contributed by atoms with Gasteiger partial charge in [0.15, 0.2) is 0 Å². The van der Waals surface area contributed by atoms with E-state index in [4.69, 9.17) is 9.47 Å². The Labute approximate surface area is 446 Å². The van der Waals surface area contributed by atoms with Crippen molar-refractivity contribution in [2.45, 2.75) is 55.8 Å². The van der Waals surface area contributed by atoms with Gasteiger partial charge in [-0.2, -0.15) is 26.3 Å². The van der Waals surface area contributed by atoms with Crippen molar-refractivity contribution in [1.82, 2.24) is 4.90 Å². The van der Waals surface area contributed by atoms with E-state index in [0.29, 0.717) is 10.5 Å². The van der Waals surface area contributed by atoms with Gasteiger partial charge in [-0.1, -0.05) is 152 Å². The minimum Gasteiger partial charge on any atom is -0.492 e. The zero-order chi connectivity index (χ0) is 55.3. The van der Waals surface area contributed by atoms with Crippen LogP contribution in [0.3, 0.4) is 0 Å². The largest absolute Gasteiger partial charge is 0.492 e. The first-order valence-electron chi connectivity index (χ1n) is 25.1. The van der Waals surface area contributed by atoms with Crippen LogP contribution in [0.2, 0.25) is 0 Å². The Morgan fingerprint density at radius 2 is 0.744 bits per heavy atom. The van der Waals surface area contributed by atoms with Gasteiger partial charge in [0.05, 0.1) is 41.2 Å². The first kappa shape index (κ1) is 52.7. The fourth-order valence-corrected chi connectivity index (χ4v) is 10.5. The molecule has 8 nitrogen and oxygen atoms in total. The number of alkyl halides is 6. The molecule has 0 fully saturated rings. The van der Waals surface area contributed by atoms with Crippen LogP contribution in [0.1, 0.15) is 117 Å². The van der Waals surface area contributed by atoms with Crippen molar-refractivity contribution in [3.05, 3.63) is 266 Å². The van der Waals surface area contributed by atoms with E-state index in [1.807, 2.05) is 121 Å². The summed E-state index contributed by atoms with van der Waals surface area (Å²) in [6, 6.07) is 51.9. The Morgan fingerprint density at radius 3 is 1.18 bits per heavy atom. The first-order valence-corrected chi connectivity index (χ1v) is 25.1. The van der Waals surface area contributed by atoms with E-state index < -0.39 is 69.4 Å². The number of hydrogen-bond donors (Lipinski definition) is 0. The molecule has 14 heteroatoms.